The van der Waals surface area contributed by atoms with Crippen molar-refractivity contribution in [2.24, 2.45) is 0 Å². The summed E-state index contributed by atoms with van der Waals surface area (Å²) in [5, 5.41) is 10.9. The van der Waals surface area contributed by atoms with Crippen molar-refractivity contribution in [3.8, 4) is 0 Å². The largest absolute Gasteiger partial charge is 0.388 e. The quantitative estimate of drug-likeness (QED) is 0.555. The summed E-state index contributed by atoms with van der Waals surface area (Å²) in [5.41, 5.74) is 1.86. The van der Waals surface area contributed by atoms with Crippen molar-refractivity contribution in [3.05, 3.63) is 71.8 Å². The second-order valence-electron chi connectivity index (χ2n) is 10.2. The van der Waals surface area contributed by atoms with Gasteiger partial charge in [0.15, 0.2) is 0 Å². The lowest BCUT2D eigenvalue weighted by Crippen LogP contribution is -2.61. The van der Waals surface area contributed by atoms with Crippen LogP contribution in [0.15, 0.2) is 60.7 Å². The Balaban J connectivity index is 1.46. The van der Waals surface area contributed by atoms with Crippen LogP contribution in [0.25, 0.3) is 0 Å². The zero-order chi connectivity index (χ0) is 22.4. The molecule has 0 aromatic heterocycles. The van der Waals surface area contributed by atoms with Crippen LogP contribution in [0.1, 0.15) is 62.0 Å². The minimum absolute atomic E-state index is 0.205. The summed E-state index contributed by atoms with van der Waals surface area (Å²) in [6.45, 7) is 2.29. The molecule has 4 nitrogen and oxygen atoms in total. The molecule has 4 heteroatoms. The maximum atomic E-state index is 12.3. The van der Waals surface area contributed by atoms with Crippen LogP contribution in [0, 0.1) is 0 Å². The van der Waals surface area contributed by atoms with E-state index in [1.54, 1.807) is 0 Å². The zero-order valence-corrected chi connectivity index (χ0v) is 19.5. The topological polar surface area (TPSA) is 43.8 Å². The fourth-order valence-electron chi connectivity index (χ4n) is 5.67. The molecule has 2 aliphatic carbocycles. The van der Waals surface area contributed by atoms with E-state index in [0.29, 0.717) is 12.5 Å². The monoisotopic (exact) mass is 434 g/mol. The van der Waals surface area contributed by atoms with Gasteiger partial charge in [0, 0.05) is 19.6 Å². The SMILES string of the molecule is CN(CCc1ccccc1)CC1(N(C=O)CC2(O)CCC2)CCC(c2ccccc2)CC1. The van der Waals surface area contributed by atoms with Crippen LogP contribution in [0.5, 0.6) is 0 Å². The summed E-state index contributed by atoms with van der Waals surface area (Å²) in [4.78, 5) is 16.7. The van der Waals surface area contributed by atoms with Gasteiger partial charge in [0.25, 0.3) is 0 Å². The lowest BCUT2D eigenvalue weighted by Gasteiger charge is -2.51. The summed E-state index contributed by atoms with van der Waals surface area (Å²) in [5.74, 6) is 0.555. The number of aliphatic hydroxyl groups is 1. The lowest BCUT2D eigenvalue weighted by molar-refractivity contribution is -0.138. The van der Waals surface area contributed by atoms with Crippen LogP contribution in [0.2, 0.25) is 0 Å². The third-order valence-corrected chi connectivity index (χ3v) is 7.86. The minimum atomic E-state index is -0.688. The van der Waals surface area contributed by atoms with Crippen LogP contribution >= 0.6 is 0 Å². The standard InChI is InChI=1S/C28H38N2O2/c1-29(20-15-24-9-4-2-5-10-24)21-27(30(23-31)22-28(32)16-8-17-28)18-13-26(14-19-27)25-11-6-3-7-12-25/h2-7,9-12,23,26,32H,8,13-22H2,1H3. The zero-order valence-electron chi connectivity index (χ0n) is 19.5. The number of rotatable bonds is 10. The average Bonchev–Trinajstić information content (AvgIpc) is 2.82. The molecule has 4 rings (SSSR count). The molecule has 2 fully saturated rings. The summed E-state index contributed by atoms with van der Waals surface area (Å²) >= 11 is 0. The number of amides is 1. The predicted molar refractivity (Wildman–Crippen MR) is 130 cm³/mol. The van der Waals surface area contributed by atoms with Gasteiger partial charge in [-0.05, 0) is 75.5 Å². The second-order valence-corrected chi connectivity index (χ2v) is 10.2. The van der Waals surface area contributed by atoms with Crippen molar-refractivity contribution in [3.63, 3.8) is 0 Å². The molecule has 0 aliphatic heterocycles. The Kier molecular flexibility index (Phi) is 7.32. The van der Waals surface area contributed by atoms with Gasteiger partial charge in [-0.3, -0.25) is 4.79 Å². The van der Waals surface area contributed by atoms with Gasteiger partial charge in [-0.1, -0.05) is 60.7 Å². The lowest BCUT2D eigenvalue weighted by atomic mass is 9.71. The molecule has 1 N–H and O–H groups in total. The average molecular weight is 435 g/mol. The first-order valence-electron chi connectivity index (χ1n) is 12.2. The Labute approximate surface area is 193 Å². The molecule has 2 saturated carbocycles. The normalized spacial score (nSPS) is 24.7. The fourth-order valence-corrected chi connectivity index (χ4v) is 5.67. The number of nitrogens with zero attached hydrogens (tertiary/aromatic N) is 2. The molecule has 0 heterocycles. The van der Waals surface area contributed by atoms with Crippen molar-refractivity contribution >= 4 is 6.41 Å². The van der Waals surface area contributed by atoms with Gasteiger partial charge < -0.3 is 14.9 Å². The fraction of sp³-hybridized carbons (Fsp3) is 0.536. The van der Waals surface area contributed by atoms with Gasteiger partial charge in [0.2, 0.25) is 6.41 Å². The van der Waals surface area contributed by atoms with E-state index in [2.05, 4.69) is 72.6 Å². The Bertz CT molecular complexity index is 842. The van der Waals surface area contributed by atoms with Gasteiger partial charge in [-0.25, -0.2) is 0 Å². The summed E-state index contributed by atoms with van der Waals surface area (Å²) in [6.07, 6.45) is 8.83. The molecule has 0 radical (unpaired) electrons. The van der Waals surface area contributed by atoms with Gasteiger partial charge in [0.1, 0.15) is 0 Å². The maximum absolute atomic E-state index is 12.3. The third kappa shape index (κ3) is 5.41. The van der Waals surface area contributed by atoms with E-state index in [1.807, 2.05) is 4.90 Å². The number of β-amino-alcohol motifs (C(OH)–C–C–N with tert-alkyl or cyclic N) is 1. The van der Waals surface area contributed by atoms with Crippen molar-refractivity contribution < 1.29 is 9.90 Å². The van der Waals surface area contributed by atoms with E-state index in [-0.39, 0.29) is 5.54 Å². The van der Waals surface area contributed by atoms with Crippen LogP contribution in [0.3, 0.4) is 0 Å². The number of carbonyl (C=O) groups excluding carboxylic acids is 1. The van der Waals surface area contributed by atoms with E-state index in [1.165, 1.54) is 11.1 Å². The Morgan fingerprint density at radius 3 is 2.12 bits per heavy atom. The Morgan fingerprint density at radius 2 is 1.56 bits per heavy atom. The highest BCUT2D eigenvalue weighted by Gasteiger charge is 2.45. The maximum Gasteiger partial charge on any atom is 0.210 e. The minimum Gasteiger partial charge on any atom is -0.388 e. The van der Waals surface area contributed by atoms with Crippen LogP contribution in [-0.4, -0.2) is 59.1 Å². The highest BCUT2D eigenvalue weighted by Crippen LogP contribution is 2.43. The Morgan fingerprint density at radius 1 is 0.938 bits per heavy atom. The van der Waals surface area contributed by atoms with Gasteiger partial charge in [-0.15, -0.1) is 0 Å². The van der Waals surface area contributed by atoms with Crippen LogP contribution in [0.4, 0.5) is 0 Å². The first kappa shape index (κ1) is 23.0. The number of benzene rings is 2. The second kappa shape index (κ2) is 10.2. The van der Waals surface area contributed by atoms with Crippen molar-refractivity contribution in [1.29, 1.82) is 0 Å². The number of carbonyl (C=O) groups is 1. The van der Waals surface area contributed by atoms with E-state index in [0.717, 1.165) is 70.9 Å². The molecule has 0 atom stereocenters. The van der Waals surface area contributed by atoms with E-state index >= 15 is 0 Å². The van der Waals surface area contributed by atoms with Gasteiger partial charge in [-0.2, -0.15) is 0 Å². The molecule has 2 aliphatic rings. The van der Waals surface area contributed by atoms with Crippen LogP contribution in [-0.2, 0) is 11.2 Å². The summed E-state index contributed by atoms with van der Waals surface area (Å²) in [6, 6.07) is 21.4. The highest BCUT2D eigenvalue weighted by atomic mass is 16.3. The predicted octanol–water partition coefficient (Wildman–Crippen LogP) is 4.63. The molecule has 0 unspecified atom stereocenters. The molecule has 0 spiro atoms. The van der Waals surface area contributed by atoms with E-state index < -0.39 is 5.60 Å². The smallest absolute Gasteiger partial charge is 0.210 e. The van der Waals surface area contributed by atoms with Crippen LogP contribution < -0.4 is 0 Å². The third-order valence-electron chi connectivity index (χ3n) is 7.86. The highest BCUT2D eigenvalue weighted by molar-refractivity contribution is 5.50. The van der Waals surface area contributed by atoms with Crippen molar-refractivity contribution in [2.75, 3.05) is 26.7 Å². The molecular weight excluding hydrogens is 396 g/mol. The number of likely N-dealkylation sites (N-methyl/N-ethyl adjacent to an activating group) is 1. The molecule has 0 bridgehead atoms. The summed E-state index contributed by atoms with van der Waals surface area (Å²) < 4.78 is 0. The van der Waals surface area contributed by atoms with Crippen molar-refractivity contribution in [1.82, 2.24) is 9.80 Å². The number of hydrogen-bond donors (Lipinski definition) is 1. The molecule has 0 saturated heterocycles. The first-order chi connectivity index (χ1) is 15.5. The molecule has 172 valence electrons. The van der Waals surface area contributed by atoms with Gasteiger partial charge in [0.05, 0.1) is 11.1 Å². The van der Waals surface area contributed by atoms with Crippen molar-refractivity contribution in [2.45, 2.75) is 68.4 Å². The van der Waals surface area contributed by atoms with E-state index in [9.17, 15) is 9.90 Å². The van der Waals surface area contributed by atoms with Gasteiger partial charge >= 0.3 is 0 Å². The number of hydrogen-bond acceptors (Lipinski definition) is 3. The molecule has 2 aromatic rings. The Hall–Kier alpha value is -2.17. The first-order valence-corrected chi connectivity index (χ1v) is 12.2. The molecular formula is C28H38N2O2. The molecule has 2 aromatic carbocycles. The molecule has 32 heavy (non-hydrogen) atoms. The molecule has 1 amide bonds. The summed E-state index contributed by atoms with van der Waals surface area (Å²) in [7, 11) is 2.18. The van der Waals surface area contributed by atoms with E-state index in [4.69, 9.17) is 0 Å².